The molecule has 1 N–H and O–H groups in total. The van der Waals surface area contributed by atoms with Crippen LogP contribution in [-0.4, -0.2) is 59.0 Å². The summed E-state index contributed by atoms with van der Waals surface area (Å²) in [5.74, 6) is -0.829. The normalized spacial score (nSPS) is 23.7. The number of thioether (sulfide) groups is 1. The summed E-state index contributed by atoms with van der Waals surface area (Å²) in [5, 5.41) is 8.43. The first-order valence-electron chi connectivity index (χ1n) is 10.3. The van der Waals surface area contributed by atoms with Crippen LogP contribution in [0.4, 0.5) is 5.69 Å². The van der Waals surface area contributed by atoms with E-state index in [4.69, 9.17) is 0 Å². The maximum atomic E-state index is 13.8. The summed E-state index contributed by atoms with van der Waals surface area (Å²) in [6, 6.07) is 5.87. The van der Waals surface area contributed by atoms with Gasteiger partial charge in [-0.3, -0.25) is 14.4 Å². The standard InChI is InChI=1S/C21H27N5O3S/c1-14-7-8-18-17(13-14)21(26(16(3)28)23-20(30-21)22-15(2)27)19(29)25(18)12-11-24-9-5-4-6-10-24/h7-8,13H,4-6,9-12H2,1-3H3,(H,22,23,27)/t21-/m1/s1. The molecule has 4 rings (SSSR count). The van der Waals surface area contributed by atoms with Gasteiger partial charge in [0.05, 0.1) is 5.69 Å². The fraction of sp³-hybridized carbons (Fsp3) is 0.524. The fourth-order valence-electron chi connectivity index (χ4n) is 4.37. The Bertz CT molecular complexity index is 927. The van der Waals surface area contributed by atoms with Crippen molar-refractivity contribution >= 4 is 40.3 Å². The summed E-state index contributed by atoms with van der Waals surface area (Å²) in [5.41, 5.74) is 2.55. The Morgan fingerprint density at radius 3 is 2.57 bits per heavy atom. The predicted molar refractivity (Wildman–Crippen MR) is 117 cm³/mol. The number of hydrogen-bond acceptors (Lipinski definition) is 6. The van der Waals surface area contributed by atoms with Gasteiger partial charge in [0.1, 0.15) is 0 Å². The van der Waals surface area contributed by atoms with Crippen LogP contribution in [0, 0.1) is 6.92 Å². The van der Waals surface area contributed by atoms with Gasteiger partial charge in [-0.15, -0.1) is 5.10 Å². The third kappa shape index (κ3) is 3.50. The lowest BCUT2D eigenvalue weighted by molar-refractivity contribution is -0.139. The van der Waals surface area contributed by atoms with Crippen LogP contribution in [0.5, 0.6) is 0 Å². The zero-order chi connectivity index (χ0) is 21.5. The average molecular weight is 430 g/mol. The number of benzene rings is 1. The molecule has 3 aliphatic heterocycles. The van der Waals surface area contributed by atoms with Crippen LogP contribution in [0.25, 0.3) is 0 Å². The zero-order valence-corrected chi connectivity index (χ0v) is 18.4. The number of carbonyl (C=O) groups excluding carboxylic acids is 3. The molecule has 3 amide bonds. The van der Waals surface area contributed by atoms with Gasteiger partial charge >= 0.3 is 0 Å². The minimum Gasteiger partial charge on any atom is -0.308 e. The van der Waals surface area contributed by atoms with Crippen molar-refractivity contribution in [3.63, 3.8) is 0 Å². The first kappa shape index (κ1) is 20.9. The van der Waals surface area contributed by atoms with Crippen molar-refractivity contribution in [2.24, 2.45) is 5.10 Å². The number of fused-ring (bicyclic) bond motifs is 2. The number of amidine groups is 1. The van der Waals surface area contributed by atoms with E-state index in [1.165, 1.54) is 38.1 Å². The summed E-state index contributed by atoms with van der Waals surface area (Å²) in [7, 11) is 0. The number of hydrogen-bond donors (Lipinski definition) is 1. The van der Waals surface area contributed by atoms with E-state index in [2.05, 4.69) is 15.3 Å². The predicted octanol–water partition coefficient (Wildman–Crippen LogP) is 1.98. The largest absolute Gasteiger partial charge is 0.308 e. The minimum absolute atomic E-state index is 0.190. The van der Waals surface area contributed by atoms with E-state index in [9.17, 15) is 14.4 Å². The van der Waals surface area contributed by atoms with Crippen molar-refractivity contribution < 1.29 is 14.4 Å². The van der Waals surface area contributed by atoms with Gasteiger partial charge in [-0.25, -0.2) is 0 Å². The number of anilines is 1. The van der Waals surface area contributed by atoms with Gasteiger partial charge < -0.3 is 15.1 Å². The van der Waals surface area contributed by atoms with E-state index < -0.39 is 4.87 Å². The highest BCUT2D eigenvalue weighted by Crippen LogP contribution is 2.54. The third-order valence-electron chi connectivity index (χ3n) is 5.75. The van der Waals surface area contributed by atoms with Gasteiger partial charge in [-0.05, 0) is 50.7 Å². The molecule has 0 unspecified atom stereocenters. The molecule has 0 aliphatic carbocycles. The van der Waals surface area contributed by atoms with Crippen LogP contribution in [0.1, 0.15) is 44.2 Å². The molecule has 3 aliphatic rings. The molecule has 0 aromatic heterocycles. The number of carbonyl (C=O) groups is 3. The van der Waals surface area contributed by atoms with E-state index >= 15 is 0 Å². The van der Waals surface area contributed by atoms with Gasteiger partial charge in [0.15, 0.2) is 5.17 Å². The summed E-state index contributed by atoms with van der Waals surface area (Å²) in [6.45, 7) is 8.18. The average Bonchev–Trinajstić information content (AvgIpc) is 3.18. The van der Waals surface area contributed by atoms with Gasteiger partial charge in [0.25, 0.3) is 5.91 Å². The Hall–Kier alpha value is -2.39. The highest BCUT2D eigenvalue weighted by Gasteiger charge is 2.61. The molecular weight excluding hydrogens is 402 g/mol. The molecular formula is C21H27N5O3S. The minimum atomic E-state index is -1.31. The van der Waals surface area contributed by atoms with Crippen molar-refractivity contribution in [1.82, 2.24) is 15.2 Å². The highest BCUT2D eigenvalue weighted by atomic mass is 32.2. The monoisotopic (exact) mass is 429 g/mol. The Morgan fingerprint density at radius 2 is 1.90 bits per heavy atom. The molecule has 1 saturated heterocycles. The number of rotatable bonds is 3. The van der Waals surface area contributed by atoms with E-state index in [0.717, 1.165) is 48.2 Å². The van der Waals surface area contributed by atoms with Gasteiger partial charge in [-0.2, -0.15) is 5.01 Å². The van der Waals surface area contributed by atoms with E-state index in [1.54, 1.807) is 4.90 Å². The SMILES string of the molecule is CC(=O)NC1=NN(C(C)=O)[C@]2(S1)C(=O)N(CCN1CCCCC1)c1ccc(C)cc12. The van der Waals surface area contributed by atoms with Gasteiger partial charge in [0.2, 0.25) is 16.7 Å². The number of amides is 3. The van der Waals surface area contributed by atoms with Crippen LogP contribution in [0.2, 0.25) is 0 Å². The Morgan fingerprint density at radius 1 is 1.17 bits per heavy atom. The number of nitrogens with one attached hydrogen (secondary N) is 1. The molecule has 3 heterocycles. The molecule has 30 heavy (non-hydrogen) atoms. The fourth-order valence-corrected chi connectivity index (χ4v) is 5.70. The van der Waals surface area contributed by atoms with E-state index in [1.807, 2.05) is 25.1 Å². The molecule has 1 fully saturated rings. The number of piperidine rings is 1. The summed E-state index contributed by atoms with van der Waals surface area (Å²) < 4.78 is 0. The van der Waals surface area contributed by atoms with Crippen molar-refractivity contribution in [3.8, 4) is 0 Å². The van der Waals surface area contributed by atoms with Crippen LogP contribution in [0.15, 0.2) is 23.3 Å². The lowest BCUT2D eigenvalue weighted by Crippen LogP contribution is -2.50. The maximum Gasteiger partial charge on any atom is 0.270 e. The number of likely N-dealkylation sites (tertiary alicyclic amines) is 1. The van der Waals surface area contributed by atoms with Crippen LogP contribution in [-0.2, 0) is 19.3 Å². The summed E-state index contributed by atoms with van der Waals surface area (Å²) in [6.07, 6.45) is 3.64. The first-order chi connectivity index (χ1) is 14.3. The zero-order valence-electron chi connectivity index (χ0n) is 17.6. The van der Waals surface area contributed by atoms with Gasteiger partial charge in [0, 0.05) is 32.5 Å². The smallest absolute Gasteiger partial charge is 0.270 e. The van der Waals surface area contributed by atoms with Crippen LogP contribution in [0.3, 0.4) is 0 Å². The second kappa shape index (κ2) is 8.03. The van der Waals surface area contributed by atoms with Crippen molar-refractivity contribution in [2.45, 2.75) is 44.9 Å². The molecule has 9 heteroatoms. The van der Waals surface area contributed by atoms with E-state index in [-0.39, 0.29) is 22.9 Å². The van der Waals surface area contributed by atoms with Crippen LogP contribution < -0.4 is 10.2 Å². The summed E-state index contributed by atoms with van der Waals surface area (Å²) in [4.78, 5) is 40.8. The Kier molecular flexibility index (Phi) is 5.59. The molecule has 0 saturated carbocycles. The quantitative estimate of drug-likeness (QED) is 0.794. The number of hydrazone groups is 1. The maximum absolute atomic E-state index is 13.8. The lowest BCUT2D eigenvalue weighted by Gasteiger charge is -2.31. The molecule has 1 spiro atoms. The second-order valence-electron chi connectivity index (χ2n) is 8.04. The Balaban J connectivity index is 1.70. The Labute approximate surface area is 180 Å². The van der Waals surface area contributed by atoms with E-state index in [0.29, 0.717) is 6.54 Å². The molecule has 0 radical (unpaired) electrons. The molecule has 160 valence electrons. The van der Waals surface area contributed by atoms with Gasteiger partial charge in [-0.1, -0.05) is 24.1 Å². The third-order valence-corrected chi connectivity index (χ3v) is 6.99. The molecule has 1 aromatic carbocycles. The van der Waals surface area contributed by atoms with Crippen LogP contribution >= 0.6 is 11.8 Å². The highest BCUT2D eigenvalue weighted by molar-refractivity contribution is 8.15. The lowest BCUT2D eigenvalue weighted by atomic mass is 10.0. The molecule has 1 aromatic rings. The molecule has 1 atom stereocenters. The first-order valence-corrected chi connectivity index (χ1v) is 11.2. The van der Waals surface area contributed by atoms with Crippen molar-refractivity contribution in [2.75, 3.05) is 31.1 Å². The summed E-state index contributed by atoms with van der Waals surface area (Å²) >= 11 is 1.13. The number of nitrogens with zero attached hydrogens (tertiary/aromatic N) is 4. The number of aryl methyl sites for hydroxylation is 1. The molecule has 8 nitrogen and oxygen atoms in total. The van der Waals surface area contributed by atoms with Crippen molar-refractivity contribution in [1.29, 1.82) is 0 Å². The molecule has 0 bridgehead atoms. The second-order valence-corrected chi connectivity index (χ2v) is 9.22. The topological polar surface area (TPSA) is 85.3 Å². The van der Waals surface area contributed by atoms with Crippen molar-refractivity contribution in [3.05, 3.63) is 29.3 Å².